The van der Waals surface area contributed by atoms with E-state index in [-0.39, 0.29) is 42.6 Å². The topological polar surface area (TPSA) is 147 Å². The van der Waals surface area contributed by atoms with Crippen molar-refractivity contribution in [3.05, 3.63) is 63.7 Å². The van der Waals surface area contributed by atoms with E-state index in [1.54, 1.807) is 13.8 Å². The molecule has 5 rings (SSSR count). The van der Waals surface area contributed by atoms with Gasteiger partial charge < -0.3 is 19.8 Å². The van der Waals surface area contributed by atoms with E-state index in [1.165, 1.54) is 49.2 Å². The molecular weight excluding hydrogens is 566 g/mol. The van der Waals surface area contributed by atoms with E-state index in [0.717, 1.165) is 12.1 Å². The molecule has 0 saturated heterocycles. The zero-order valence-electron chi connectivity index (χ0n) is 24.5. The SMILES string of the molecule is C[C@@H]1C[C@H]2[C@@H]3C[C@H](F)C4=CC(=O)C=C[C@]4(C)[C@@]3(F)[C@@H](O)C[C@]2(C)[C@@]1(OC(=O)c1cccc([N+](=O)[O-])c1)C(=O)N(C)CCO. The molecule has 43 heavy (non-hydrogen) atoms. The lowest BCUT2D eigenvalue weighted by Crippen LogP contribution is -2.71. The molecule has 3 saturated carbocycles. The molecular formula is C31H36F2N2O8. The molecule has 0 radical (unpaired) electrons. The first kappa shape index (κ1) is 30.9. The number of esters is 1. The molecule has 1 aromatic rings. The van der Waals surface area contributed by atoms with Crippen molar-refractivity contribution in [1.29, 1.82) is 0 Å². The minimum atomic E-state index is -2.40. The lowest BCUT2D eigenvalue weighted by atomic mass is 9.44. The zero-order chi connectivity index (χ0) is 31.7. The van der Waals surface area contributed by atoms with Gasteiger partial charge in [-0.25, -0.2) is 13.6 Å². The van der Waals surface area contributed by atoms with Crippen LogP contribution in [0.4, 0.5) is 14.5 Å². The summed E-state index contributed by atoms with van der Waals surface area (Å²) in [5.41, 5.74) is -8.00. The largest absolute Gasteiger partial charge is 0.444 e. The van der Waals surface area contributed by atoms with E-state index in [4.69, 9.17) is 4.74 Å². The predicted molar refractivity (Wildman–Crippen MR) is 149 cm³/mol. The lowest BCUT2D eigenvalue weighted by Gasteiger charge is -2.63. The molecule has 10 nitrogen and oxygen atoms in total. The Morgan fingerprint density at radius 1 is 1.23 bits per heavy atom. The molecule has 3 fully saturated rings. The van der Waals surface area contributed by atoms with Crippen molar-refractivity contribution in [3.63, 3.8) is 0 Å². The van der Waals surface area contributed by atoms with E-state index in [0.29, 0.717) is 0 Å². The van der Waals surface area contributed by atoms with Gasteiger partial charge in [0.2, 0.25) is 0 Å². The highest BCUT2D eigenvalue weighted by Crippen LogP contribution is 2.71. The van der Waals surface area contributed by atoms with Crippen molar-refractivity contribution in [1.82, 2.24) is 4.90 Å². The van der Waals surface area contributed by atoms with Crippen LogP contribution in [-0.4, -0.2) is 81.4 Å². The van der Waals surface area contributed by atoms with E-state index >= 15 is 8.78 Å². The van der Waals surface area contributed by atoms with Crippen LogP contribution < -0.4 is 0 Å². The first-order chi connectivity index (χ1) is 20.1. The van der Waals surface area contributed by atoms with E-state index in [1.807, 2.05) is 0 Å². The Morgan fingerprint density at radius 2 is 1.93 bits per heavy atom. The van der Waals surface area contributed by atoms with Gasteiger partial charge in [0.05, 0.1) is 23.2 Å². The number of nitro groups is 1. The number of benzene rings is 1. The second kappa shape index (κ2) is 10.3. The number of fused-ring (bicyclic) bond motifs is 5. The average molecular weight is 603 g/mol. The van der Waals surface area contributed by atoms with Crippen LogP contribution in [0.2, 0.25) is 0 Å². The number of ether oxygens (including phenoxy) is 1. The number of aliphatic hydroxyl groups excluding tert-OH is 2. The number of amides is 1. The monoisotopic (exact) mass is 602 g/mol. The maximum atomic E-state index is 17.6. The van der Waals surface area contributed by atoms with Gasteiger partial charge in [-0.1, -0.05) is 26.0 Å². The first-order valence-corrected chi connectivity index (χ1v) is 14.4. The Morgan fingerprint density at radius 3 is 2.58 bits per heavy atom. The summed E-state index contributed by atoms with van der Waals surface area (Å²) >= 11 is 0. The Hall–Kier alpha value is -3.51. The summed E-state index contributed by atoms with van der Waals surface area (Å²) in [4.78, 5) is 52.0. The maximum absolute atomic E-state index is 17.6. The van der Waals surface area contributed by atoms with Crippen LogP contribution in [0.15, 0.2) is 48.1 Å². The third-order valence-electron chi connectivity index (χ3n) is 10.8. The quantitative estimate of drug-likeness (QED) is 0.286. The van der Waals surface area contributed by atoms with Crippen LogP contribution in [0.3, 0.4) is 0 Å². The molecule has 0 aliphatic heterocycles. The smallest absolute Gasteiger partial charge is 0.339 e. The molecule has 0 aromatic heterocycles. The number of rotatable bonds is 6. The number of carbonyl (C=O) groups excluding carboxylic acids is 3. The molecule has 0 bridgehead atoms. The van der Waals surface area contributed by atoms with Gasteiger partial charge in [0, 0.05) is 48.4 Å². The molecule has 0 heterocycles. The standard InChI is InChI=1S/C31H36F2N2O8/c1-17-12-21-22-15-24(32)23-14-20(37)8-9-28(23,2)30(22,33)25(38)16-29(21,3)31(17,27(40)34(4)10-11-36)43-26(39)18-6-5-7-19(13-18)35(41)42/h5-9,13-14,17,21-22,24-25,36,38H,10-12,15-16H2,1-4H3/t17-,21+,22+,24+,25+,28+,29+,30+,31+/m1/s1. The van der Waals surface area contributed by atoms with Crippen molar-refractivity contribution in [2.75, 3.05) is 20.2 Å². The van der Waals surface area contributed by atoms with Crippen LogP contribution in [-0.2, 0) is 14.3 Å². The molecule has 1 amide bonds. The maximum Gasteiger partial charge on any atom is 0.339 e. The van der Waals surface area contributed by atoms with Gasteiger partial charge in [0.25, 0.3) is 11.6 Å². The summed E-state index contributed by atoms with van der Waals surface area (Å²) < 4.78 is 39.6. The van der Waals surface area contributed by atoms with E-state index < -0.39 is 81.3 Å². The summed E-state index contributed by atoms with van der Waals surface area (Å²) in [6.45, 7) is 4.27. The molecule has 9 atom stereocenters. The van der Waals surface area contributed by atoms with Crippen molar-refractivity contribution >= 4 is 23.3 Å². The summed E-state index contributed by atoms with van der Waals surface area (Å²) in [5.74, 6) is -4.78. The number of halogens is 2. The van der Waals surface area contributed by atoms with Gasteiger partial charge in [0.15, 0.2) is 17.1 Å². The van der Waals surface area contributed by atoms with Crippen molar-refractivity contribution in [2.45, 2.75) is 63.6 Å². The minimum Gasteiger partial charge on any atom is -0.444 e. The lowest BCUT2D eigenvalue weighted by molar-refractivity contribution is -0.384. The Bertz CT molecular complexity index is 1450. The molecule has 4 aliphatic rings. The number of hydrogen-bond donors (Lipinski definition) is 2. The Balaban J connectivity index is 1.64. The normalized spacial score (nSPS) is 39.7. The third kappa shape index (κ3) is 4.12. The fourth-order valence-corrected chi connectivity index (χ4v) is 8.73. The van der Waals surface area contributed by atoms with Crippen molar-refractivity contribution < 1.29 is 43.0 Å². The second-order valence-electron chi connectivity index (χ2n) is 12.9. The van der Waals surface area contributed by atoms with Gasteiger partial charge in [-0.3, -0.25) is 19.7 Å². The second-order valence-corrected chi connectivity index (χ2v) is 12.9. The number of likely N-dealkylation sites (N-methyl/N-ethyl adjacent to an activating group) is 1. The number of carbonyl (C=O) groups is 3. The summed E-state index contributed by atoms with van der Waals surface area (Å²) in [6, 6.07) is 4.85. The highest BCUT2D eigenvalue weighted by molar-refractivity contribution is 6.01. The third-order valence-corrected chi connectivity index (χ3v) is 10.8. The Labute approximate surface area is 247 Å². The van der Waals surface area contributed by atoms with Crippen LogP contribution in [0, 0.1) is 38.7 Å². The van der Waals surface area contributed by atoms with Gasteiger partial charge in [-0.15, -0.1) is 0 Å². The van der Waals surface area contributed by atoms with Gasteiger partial charge in [0.1, 0.15) is 6.17 Å². The fraction of sp³-hybridized carbons (Fsp3) is 0.581. The number of aliphatic hydroxyl groups is 2. The number of nitrogens with zero attached hydrogens (tertiary/aromatic N) is 2. The van der Waals surface area contributed by atoms with Crippen LogP contribution in [0.5, 0.6) is 0 Å². The van der Waals surface area contributed by atoms with Crippen LogP contribution >= 0.6 is 0 Å². The van der Waals surface area contributed by atoms with Crippen LogP contribution in [0.25, 0.3) is 0 Å². The molecule has 4 aliphatic carbocycles. The highest BCUT2D eigenvalue weighted by Gasteiger charge is 2.78. The van der Waals surface area contributed by atoms with Gasteiger partial charge in [-0.05, 0) is 55.9 Å². The number of nitro benzene ring substituents is 1. The molecule has 232 valence electrons. The summed E-state index contributed by atoms with van der Waals surface area (Å²) in [6.07, 6.45) is -0.373. The number of alkyl halides is 2. The molecule has 1 aromatic carbocycles. The van der Waals surface area contributed by atoms with Gasteiger partial charge in [-0.2, -0.15) is 0 Å². The fourth-order valence-electron chi connectivity index (χ4n) is 8.73. The molecule has 0 spiro atoms. The van der Waals surface area contributed by atoms with E-state index in [9.17, 15) is 34.7 Å². The van der Waals surface area contributed by atoms with E-state index in [2.05, 4.69) is 0 Å². The van der Waals surface area contributed by atoms with Crippen molar-refractivity contribution in [3.8, 4) is 0 Å². The molecule has 0 unspecified atom stereocenters. The number of ketones is 1. The molecule has 12 heteroatoms. The minimum absolute atomic E-state index is 0.0328. The summed E-state index contributed by atoms with van der Waals surface area (Å²) in [7, 11) is 1.42. The summed E-state index contributed by atoms with van der Waals surface area (Å²) in [5, 5.41) is 32.7. The average Bonchev–Trinajstić information content (AvgIpc) is 3.17. The first-order valence-electron chi connectivity index (χ1n) is 14.4. The predicted octanol–water partition coefficient (Wildman–Crippen LogP) is 3.51. The number of hydrogen-bond acceptors (Lipinski definition) is 8. The highest BCUT2D eigenvalue weighted by atomic mass is 19.1. The molecule has 2 N–H and O–H groups in total. The number of allylic oxidation sites excluding steroid dienone is 4. The Kier molecular flexibility index (Phi) is 7.41. The number of non-ortho nitro benzene ring substituents is 1. The van der Waals surface area contributed by atoms with Crippen LogP contribution in [0.1, 0.15) is 50.4 Å². The van der Waals surface area contributed by atoms with Crippen molar-refractivity contribution in [2.24, 2.45) is 28.6 Å². The van der Waals surface area contributed by atoms with Gasteiger partial charge >= 0.3 is 5.97 Å². The zero-order valence-corrected chi connectivity index (χ0v) is 24.5.